The Morgan fingerprint density at radius 3 is 2.80 bits per heavy atom. The summed E-state index contributed by atoms with van der Waals surface area (Å²) in [4.78, 5) is 12.1. The van der Waals surface area contributed by atoms with Crippen molar-refractivity contribution in [1.29, 1.82) is 0 Å². The van der Waals surface area contributed by atoms with Crippen molar-refractivity contribution in [2.75, 3.05) is 13.2 Å². The molecule has 0 atom stereocenters. The van der Waals surface area contributed by atoms with Crippen molar-refractivity contribution in [2.24, 2.45) is 0 Å². The molecule has 30 heavy (non-hydrogen) atoms. The summed E-state index contributed by atoms with van der Waals surface area (Å²) in [5.74, 6) is 0.340. The summed E-state index contributed by atoms with van der Waals surface area (Å²) < 4.78 is 20.7. The molecular formula is C22H20FN5O2. The molecule has 7 nitrogen and oxygen atoms in total. The fraction of sp³-hybridized carbons (Fsp3) is 0.182. The third-order valence-corrected chi connectivity index (χ3v) is 4.44. The van der Waals surface area contributed by atoms with Gasteiger partial charge < -0.3 is 10.1 Å². The maximum Gasteiger partial charge on any atom is 0.231 e. The van der Waals surface area contributed by atoms with Gasteiger partial charge in [0, 0.05) is 11.6 Å². The molecule has 2 heterocycles. The molecule has 0 aliphatic carbocycles. The smallest absolute Gasteiger partial charge is 0.231 e. The zero-order chi connectivity index (χ0) is 20.9. The van der Waals surface area contributed by atoms with E-state index in [-0.39, 0.29) is 18.3 Å². The highest BCUT2D eigenvalue weighted by Gasteiger charge is 2.11. The van der Waals surface area contributed by atoms with Crippen molar-refractivity contribution in [3.63, 3.8) is 0 Å². The van der Waals surface area contributed by atoms with Crippen LogP contribution in [0.4, 0.5) is 4.39 Å². The molecule has 0 unspecified atom stereocenters. The number of carbonyl (C=O) groups excluding carboxylic acids is 1. The third-order valence-electron chi connectivity index (χ3n) is 4.44. The second-order valence-corrected chi connectivity index (χ2v) is 6.84. The highest BCUT2D eigenvalue weighted by atomic mass is 19.1. The van der Waals surface area contributed by atoms with Crippen LogP contribution in [-0.2, 0) is 11.2 Å². The monoisotopic (exact) mass is 405 g/mol. The first-order valence-corrected chi connectivity index (χ1v) is 9.52. The Kier molecular flexibility index (Phi) is 5.65. The van der Waals surface area contributed by atoms with Gasteiger partial charge in [0.2, 0.25) is 11.8 Å². The number of amides is 1. The largest absolute Gasteiger partial charge is 0.475 e. The van der Waals surface area contributed by atoms with Crippen molar-refractivity contribution >= 4 is 11.6 Å². The molecule has 0 spiro atoms. The van der Waals surface area contributed by atoms with E-state index in [2.05, 4.69) is 20.6 Å². The summed E-state index contributed by atoms with van der Waals surface area (Å²) in [5.41, 5.74) is 3.18. The van der Waals surface area contributed by atoms with E-state index < -0.39 is 0 Å². The molecule has 2 aromatic carbocycles. The predicted molar refractivity (Wildman–Crippen MR) is 110 cm³/mol. The maximum atomic E-state index is 13.5. The Labute approximate surface area is 172 Å². The molecule has 0 fully saturated rings. The lowest BCUT2D eigenvalue weighted by molar-refractivity contribution is -0.120. The Balaban J connectivity index is 1.35. The first-order chi connectivity index (χ1) is 14.6. The number of hydrogen-bond acceptors (Lipinski definition) is 5. The minimum absolute atomic E-state index is 0.0696. The van der Waals surface area contributed by atoms with Crippen molar-refractivity contribution in [3.8, 4) is 17.3 Å². The normalized spacial score (nSPS) is 10.9. The van der Waals surface area contributed by atoms with Gasteiger partial charge in [-0.3, -0.25) is 4.79 Å². The van der Waals surface area contributed by atoms with E-state index in [4.69, 9.17) is 4.74 Å². The van der Waals surface area contributed by atoms with Crippen LogP contribution < -0.4 is 10.1 Å². The number of nitrogens with zero attached hydrogens (tertiary/aromatic N) is 4. The average molecular weight is 405 g/mol. The molecule has 2 aromatic heterocycles. The van der Waals surface area contributed by atoms with E-state index in [1.165, 1.54) is 16.6 Å². The summed E-state index contributed by atoms with van der Waals surface area (Å²) >= 11 is 0. The van der Waals surface area contributed by atoms with Crippen LogP contribution >= 0.6 is 0 Å². The number of benzene rings is 2. The molecular weight excluding hydrogens is 385 g/mol. The summed E-state index contributed by atoms with van der Waals surface area (Å²) in [6.45, 7) is 2.60. The first kappa shape index (κ1) is 19.5. The molecule has 0 bridgehead atoms. The topological polar surface area (TPSA) is 81.4 Å². The van der Waals surface area contributed by atoms with E-state index in [1.807, 2.05) is 31.2 Å². The number of fused-ring (bicyclic) bond motifs is 1. The first-order valence-electron chi connectivity index (χ1n) is 9.52. The van der Waals surface area contributed by atoms with Gasteiger partial charge in [0.25, 0.3) is 0 Å². The predicted octanol–water partition coefficient (Wildman–Crippen LogP) is 2.98. The molecule has 0 saturated heterocycles. The lowest BCUT2D eigenvalue weighted by Crippen LogP contribution is -2.29. The summed E-state index contributed by atoms with van der Waals surface area (Å²) in [7, 11) is 0. The molecule has 1 N–H and O–H groups in total. The zero-order valence-corrected chi connectivity index (χ0v) is 16.4. The molecule has 8 heteroatoms. The van der Waals surface area contributed by atoms with E-state index in [0.29, 0.717) is 35.9 Å². The molecule has 0 aliphatic heterocycles. The van der Waals surface area contributed by atoms with E-state index in [9.17, 15) is 9.18 Å². The van der Waals surface area contributed by atoms with Crippen LogP contribution in [0.1, 0.15) is 11.1 Å². The van der Waals surface area contributed by atoms with Crippen LogP contribution in [0.25, 0.3) is 17.0 Å². The lowest BCUT2D eigenvalue weighted by atomic mass is 10.1. The number of hydrogen-bond donors (Lipinski definition) is 1. The number of aryl methyl sites for hydroxylation is 1. The maximum absolute atomic E-state index is 13.5. The van der Waals surface area contributed by atoms with E-state index in [1.54, 1.807) is 24.3 Å². The standard InChI is InChI=1S/C22H20FN5O2/c1-15-4-2-5-16(12-15)13-20(29)24-10-11-30-21-9-8-19-25-26-22(28(19)27-21)17-6-3-7-18(23)14-17/h2-9,12,14H,10-11,13H2,1H3,(H,24,29). The Morgan fingerprint density at radius 1 is 1.10 bits per heavy atom. The number of nitrogens with one attached hydrogen (secondary N) is 1. The quantitative estimate of drug-likeness (QED) is 0.478. The Bertz CT molecular complexity index is 1190. The summed E-state index contributed by atoms with van der Waals surface area (Å²) in [6.07, 6.45) is 0.323. The van der Waals surface area contributed by atoms with Crippen LogP contribution in [0.5, 0.6) is 5.88 Å². The third kappa shape index (κ3) is 4.60. The molecule has 0 radical (unpaired) electrons. The van der Waals surface area contributed by atoms with Gasteiger partial charge in [-0.05, 0) is 30.7 Å². The summed E-state index contributed by atoms with van der Waals surface area (Å²) in [6, 6.07) is 17.3. The van der Waals surface area contributed by atoms with Crippen molar-refractivity contribution in [1.82, 2.24) is 25.1 Å². The van der Waals surface area contributed by atoms with Gasteiger partial charge >= 0.3 is 0 Å². The van der Waals surface area contributed by atoms with E-state index >= 15 is 0 Å². The molecule has 4 aromatic rings. The fourth-order valence-corrected chi connectivity index (χ4v) is 3.07. The van der Waals surface area contributed by atoms with Crippen LogP contribution in [0, 0.1) is 12.7 Å². The second-order valence-electron chi connectivity index (χ2n) is 6.84. The highest BCUT2D eigenvalue weighted by molar-refractivity contribution is 5.78. The molecule has 1 amide bonds. The van der Waals surface area contributed by atoms with Gasteiger partial charge in [-0.25, -0.2) is 4.39 Å². The Morgan fingerprint density at radius 2 is 1.97 bits per heavy atom. The van der Waals surface area contributed by atoms with Gasteiger partial charge in [0.15, 0.2) is 11.5 Å². The van der Waals surface area contributed by atoms with Crippen LogP contribution in [0.3, 0.4) is 0 Å². The SMILES string of the molecule is Cc1cccc(CC(=O)NCCOc2ccc3nnc(-c4cccc(F)c4)n3n2)c1. The summed E-state index contributed by atoms with van der Waals surface area (Å²) in [5, 5.41) is 15.3. The molecule has 152 valence electrons. The molecule has 0 aliphatic rings. The second kappa shape index (κ2) is 8.69. The average Bonchev–Trinajstić information content (AvgIpc) is 3.14. The number of carbonyl (C=O) groups is 1. The van der Waals surface area contributed by atoms with Crippen molar-refractivity contribution in [2.45, 2.75) is 13.3 Å². The zero-order valence-electron chi connectivity index (χ0n) is 16.4. The van der Waals surface area contributed by atoms with Crippen LogP contribution in [0.15, 0.2) is 60.7 Å². The van der Waals surface area contributed by atoms with Gasteiger partial charge in [0.1, 0.15) is 12.4 Å². The van der Waals surface area contributed by atoms with Crippen molar-refractivity contribution in [3.05, 3.63) is 77.6 Å². The van der Waals surface area contributed by atoms with Gasteiger partial charge in [-0.2, -0.15) is 4.52 Å². The van der Waals surface area contributed by atoms with Crippen molar-refractivity contribution < 1.29 is 13.9 Å². The van der Waals surface area contributed by atoms with Crippen LogP contribution in [-0.4, -0.2) is 38.9 Å². The molecule has 4 rings (SSSR count). The number of ether oxygens (including phenoxy) is 1. The van der Waals surface area contributed by atoms with Gasteiger partial charge in [-0.1, -0.05) is 42.0 Å². The minimum atomic E-state index is -0.363. The minimum Gasteiger partial charge on any atom is -0.475 e. The Hall–Kier alpha value is -3.81. The van der Waals surface area contributed by atoms with Crippen LogP contribution in [0.2, 0.25) is 0 Å². The number of aromatic nitrogens is 4. The highest BCUT2D eigenvalue weighted by Crippen LogP contribution is 2.19. The number of halogens is 1. The fourth-order valence-electron chi connectivity index (χ4n) is 3.07. The van der Waals surface area contributed by atoms with Gasteiger partial charge in [0.05, 0.1) is 13.0 Å². The molecule has 0 saturated carbocycles. The van der Waals surface area contributed by atoms with E-state index in [0.717, 1.165) is 11.1 Å². The lowest BCUT2D eigenvalue weighted by Gasteiger charge is -2.08. The van der Waals surface area contributed by atoms with Gasteiger partial charge in [-0.15, -0.1) is 15.3 Å². The number of rotatable bonds is 7.